The zero-order chi connectivity index (χ0) is 15.6. The number of ether oxygens (including phenoxy) is 1. The van der Waals surface area contributed by atoms with Crippen molar-refractivity contribution in [3.05, 3.63) is 23.2 Å². The first-order valence-corrected chi connectivity index (χ1v) is 8.07. The molecule has 22 heavy (non-hydrogen) atoms. The van der Waals surface area contributed by atoms with Gasteiger partial charge in [-0.1, -0.05) is 11.6 Å². The van der Waals surface area contributed by atoms with Gasteiger partial charge in [-0.25, -0.2) is 8.42 Å². The molecule has 5 nitrogen and oxygen atoms in total. The van der Waals surface area contributed by atoms with E-state index in [0.29, 0.717) is 6.54 Å². The number of alkyl halides is 2. The minimum absolute atomic E-state index is 0. The Kier molecular flexibility index (Phi) is 6.82. The summed E-state index contributed by atoms with van der Waals surface area (Å²) in [4.78, 5) is -0.0523. The molecule has 0 saturated carbocycles. The first-order chi connectivity index (χ1) is 9.82. The topological polar surface area (TPSA) is 58.6 Å². The molecule has 1 N–H and O–H groups in total. The van der Waals surface area contributed by atoms with Crippen LogP contribution in [0.5, 0.6) is 5.75 Å². The molecule has 0 radical (unpaired) electrons. The monoisotopic (exact) mass is 376 g/mol. The lowest BCUT2D eigenvalue weighted by Gasteiger charge is -2.23. The van der Waals surface area contributed by atoms with Gasteiger partial charge < -0.3 is 10.1 Å². The molecule has 1 heterocycles. The number of halogens is 4. The average molecular weight is 377 g/mol. The standard InChI is InChI=1S/C12H15ClF2N2O3S.ClH/c1-17(8-4-5-16-7-8)21(18,19)9-2-3-11(10(13)6-9)20-12(14)15;/h2-3,6,8,12,16H,4-5,7H2,1H3;1H. The van der Waals surface area contributed by atoms with Crippen molar-refractivity contribution in [1.82, 2.24) is 9.62 Å². The number of sulfonamides is 1. The summed E-state index contributed by atoms with van der Waals surface area (Å²) in [5.41, 5.74) is 0. The molecule has 126 valence electrons. The van der Waals surface area contributed by atoms with Crippen molar-refractivity contribution >= 4 is 34.0 Å². The molecule has 1 aliphatic heterocycles. The van der Waals surface area contributed by atoms with E-state index in [2.05, 4.69) is 10.1 Å². The number of likely N-dealkylation sites (N-methyl/N-ethyl adjacent to an activating group) is 1. The van der Waals surface area contributed by atoms with Gasteiger partial charge in [0.15, 0.2) is 0 Å². The molecule has 0 amide bonds. The molecular weight excluding hydrogens is 361 g/mol. The van der Waals surface area contributed by atoms with Crippen LogP contribution in [0.3, 0.4) is 0 Å². The van der Waals surface area contributed by atoms with Crippen molar-refractivity contribution in [2.24, 2.45) is 0 Å². The Bertz CT molecular complexity index is 610. The Morgan fingerprint density at radius 1 is 1.45 bits per heavy atom. The maximum absolute atomic E-state index is 12.5. The molecule has 1 aliphatic rings. The first kappa shape index (κ1) is 19.4. The maximum atomic E-state index is 12.5. The molecule has 1 atom stereocenters. The smallest absolute Gasteiger partial charge is 0.387 e. The molecule has 0 aliphatic carbocycles. The quantitative estimate of drug-likeness (QED) is 0.856. The third-order valence-corrected chi connectivity index (χ3v) is 5.55. The number of hydrogen-bond acceptors (Lipinski definition) is 4. The van der Waals surface area contributed by atoms with Crippen molar-refractivity contribution in [2.75, 3.05) is 20.1 Å². The Labute approximate surface area is 139 Å². The number of nitrogens with one attached hydrogen (secondary N) is 1. The number of hydrogen-bond donors (Lipinski definition) is 1. The van der Waals surface area contributed by atoms with Crippen LogP contribution >= 0.6 is 24.0 Å². The second kappa shape index (κ2) is 7.74. The highest BCUT2D eigenvalue weighted by Gasteiger charge is 2.30. The Balaban J connectivity index is 0.00000242. The van der Waals surface area contributed by atoms with Gasteiger partial charge in [0.2, 0.25) is 10.0 Å². The molecule has 0 aromatic heterocycles. The lowest BCUT2D eigenvalue weighted by atomic mass is 10.3. The Morgan fingerprint density at radius 3 is 2.64 bits per heavy atom. The summed E-state index contributed by atoms with van der Waals surface area (Å²) in [5, 5.41) is 2.91. The van der Waals surface area contributed by atoms with E-state index in [1.165, 1.54) is 17.4 Å². The summed E-state index contributed by atoms with van der Waals surface area (Å²) >= 11 is 5.79. The van der Waals surface area contributed by atoms with Crippen molar-refractivity contribution < 1.29 is 21.9 Å². The SMILES string of the molecule is CN(C1CCNC1)S(=O)(=O)c1ccc(OC(F)F)c(Cl)c1.Cl. The fourth-order valence-electron chi connectivity index (χ4n) is 2.15. The van der Waals surface area contributed by atoms with Gasteiger partial charge in [0.05, 0.1) is 9.92 Å². The number of rotatable bonds is 5. The van der Waals surface area contributed by atoms with Crippen molar-refractivity contribution in [2.45, 2.75) is 24.0 Å². The van der Waals surface area contributed by atoms with E-state index in [-0.39, 0.29) is 34.1 Å². The van der Waals surface area contributed by atoms with Crippen molar-refractivity contribution in [3.8, 4) is 5.75 Å². The fraction of sp³-hybridized carbons (Fsp3) is 0.500. The molecule has 0 bridgehead atoms. The number of nitrogens with zero attached hydrogens (tertiary/aromatic N) is 1. The Morgan fingerprint density at radius 2 is 2.14 bits per heavy atom. The minimum atomic E-state index is -3.72. The average Bonchev–Trinajstić information content (AvgIpc) is 2.93. The summed E-state index contributed by atoms with van der Waals surface area (Å²) in [6.07, 6.45) is 0.718. The largest absolute Gasteiger partial charge is 0.433 e. The zero-order valence-electron chi connectivity index (χ0n) is 11.6. The Hall–Kier alpha value is -0.670. The van der Waals surface area contributed by atoms with E-state index in [1.54, 1.807) is 0 Å². The van der Waals surface area contributed by atoms with Gasteiger partial charge in [-0.15, -0.1) is 12.4 Å². The minimum Gasteiger partial charge on any atom is -0.433 e. The van der Waals surface area contributed by atoms with Crippen LogP contribution in [0, 0.1) is 0 Å². The van der Waals surface area contributed by atoms with E-state index in [9.17, 15) is 17.2 Å². The van der Waals surface area contributed by atoms with Crippen LogP contribution < -0.4 is 10.1 Å². The second-order valence-corrected chi connectivity index (χ2v) is 7.04. The van der Waals surface area contributed by atoms with Gasteiger partial charge in [-0.05, 0) is 31.2 Å². The number of benzene rings is 1. The predicted octanol–water partition coefficient (Wildman–Crippen LogP) is 2.35. The normalized spacial score (nSPS) is 18.5. The molecule has 1 fully saturated rings. The highest BCUT2D eigenvalue weighted by Crippen LogP contribution is 2.30. The molecule has 0 spiro atoms. The molecule has 1 aromatic rings. The van der Waals surface area contributed by atoms with Crippen LogP contribution in [0.15, 0.2) is 23.1 Å². The van der Waals surface area contributed by atoms with Gasteiger partial charge in [0.25, 0.3) is 0 Å². The third-order valence-electron chi connectivity index (χ3n) is 3.34. The van der Waals surface area contributed by atoms with E-state index in [4.69, 9.17) is 11.6 Å². The maximum Gasteiger partial charge on any atom is 0.387 e. The van der Waals surface area contributed by atoms with Crippen LogP contribution in [0.1, 0.15) is 6.42 Å². The molecule has 10 heteroatoms. The van der Waals surface area contributed by atoms with E-state index >= 15 is 0 Å². The highest BCUT2D eigenvalue weighted by molar-refractivity contribution is 7.89. The fourth-order valence-corrected chi connectivity index (χ4v) is 3.85. The van der Waals surface area contributed by atoms with Crippen LogP contribution in [0.25, 0.3) is 0 Å². The van der Waals surface area contributed by atoms with E-state index in [1.807, 2.05) is 0 Å². The first-order valence-electron chi connectivity index (χ1n) is 6.25. The lowest BCUT2D eigenvalue weighted by molar-refractivity contribution is -0.0498. The molecular formula is C12H16Cl2F2N2O3S. The van der Waals surface area contributed by atoms with Gasteiger partial charge in [0, 0.05) is 19.6 Å². The molecule has 1 aromatic carbocycles. The van der Waals surface area contributed by atoms with Crippen LogP contribution in [-0.4, -0.2) is 45.5 Å². The van der Waals surface area contributed by atoms with Crippen LogP contribution in [-0.2, 0) is 10.0 Å². The molecule has 2 rings (SSSR count). The van der Waals surface area contributed by atoms with Crippen LogP contribution in [0.4, 0.5) is 8.78 Å². The highest BCUT2D eigenvalue weighted by atomic mass is 35.5. The summed E-state index contributed by atoms with van der Waals surface area (Å²) < 4.78 is 54.7. The lowest BCUT2D eigenvalue weighted by Crippen LogP contribution is -2.38. The molecule has 1 saturated heterocycles. The summed E-state index contributed by atoms with van der Waals surface area (Å²) in [5.74, 6) is -0.254. The third kappa shape index (κ3) is 4.20. The summed E-state index contributed by atoms with van der Waals surface area (Å²) in [6, 6.07) is 3.32. The van der Waals surface area contributed by atoms with Crippen molar-refractivity contribution in [1.29, 1.82) is 0 Å². The van der Waals surface area contributed by atoms with Crippen molar-refractivity contribution in [3.63, 3.8) is 0 Å². The van der Waals surface area contributed by atoms with Gasteiger partial charge in [-0.2, -0.15) is 13.1 Å². The summed E-state index contributed by atoms with van der Waals surface area (Å²) in [7, 11) is -2.23. The predicted molar refractivity (Wildman–Crippen MR) is 81.6 cm³/mol. The van der Waals surface area contributed by atoms with Gasteiger partial charge in [-0.3, -0.25) is 0 Å². The molecule has 1 unspecified atom stereocenters. The zero-order valence-corrected chi connectivity index (χ0v) is 14.0. The second-order valence-electron chi connectivity index (χ2n) is 4.64. The summed E-state index contributed by atoms with van der Waals surface area (Å²) in [6.45, 7) is -1.68. The van der Waals surface area contributed by atoms with Gasteiger partial charge >= 0.3 is 6.61 Å². The van der Waals surface area contributed by atoms with Gasteiger partial charge in [0.1, 0.15) is 5.75 Å². The van der Waals surface area contributed by atoms with E-state index in [0.717, 1.165) is 25.1 Å². The van der Waals surface area contributed by atoms with E-state index < -0.39 is 16.6 Å². The van der Waals surface area contributed by atoms with Crippen LogP contribution in [0.2, 0.25) is 5.02 Å².